The van der Waals surface area contributed by atoms with Crippen molar-refractivity contribution in [2.45, 2.75) is 19.9 Å². The Morgan fingerprint density at radius 3 is 2.32 bits per heavy atom. The average molecular weight is 304 g/mol. The number of methoxy groups -OCH3 is 2. The molecule has 6 nitrogen and oxygen atoms in total. The average Bonchev–Trinajstić information content (AvgIpc) is 2.53. The first-order chi connectivity index (χ1) is 10.5. The summed E-state index contributed by atoms with van der Waals surface area (Å²) in [5, 5.41) is 5.48. The molecule has 118 valence electrons. The molecule has 0 aliphatic carbocycles. The van der Waals surface area contributed by atoms with E-state index in [1.165, 1.54) is 7.11 Å². The number of carbonyl (C=O) groups excluding carboxylic acids is 2. The molecule has 0 radical (unpaired) electrons. The monoisotopic (exact) mass is 304 g/mol. The van der Waals surface area contributed by atoms with E-state index in [0.717, 1.165) is 5.56 Å². The van der Waals surface area contributed by atoms with Gasteiger partial charge in [-0.2, -0.15) is 0 Å². The van der Waals surface area contributed by atoms with Crippen LogP contribution in [0, 0.1) is 5.92 Å². The molecular formula is C16H20N2O4. The third-order valence-electron chi connectivity index (χ3n) is 3.53. The summed E-state index contributed by atoms with van der Waals surface area (Å²) in [6.07, 6.45) is 0. The number of benzene rings is 1. The Labute approximate surface area is 129 Å². The van der Waals surface area contributed by atoms with Crippen LogP contribution >= 0.6 is 0 Å². The lowest BCUT2D eigenvalue weighted by atomic mass is 9.91. The van der Waals surface area contributed by atoms with Gasteiger partial charge in [0.15, 0.2) is 0 Å². The molecule has 2 amide bonds. The zero-order valence-corrected chi connectivity index (χ0v) is 13.1. The van der Waals surface area contributed by atoms with Crippen LogP contribution in [-0.4, -0.2) is 26.2 Å². The summed E-state index contributed by atoms with van der Waals surface area (Å²) in [6, 6.07) is 6.31. The topological polar surface area (TPSA) is 76.7 Å². The Bertz CT molecular complexity index is 605. The largest absolute Gasteiger partial charge is 0.497 e. The first kappa shape index (κ1) is 15.9. The third kappa shape index (κ3) is 3.05. The highest BCUT2D eigenvalue weighted by atomic mass is 16.5. The van der Waals surface area contributed by atoms with Crippen molar-refractivity contribution >= 4 is 12.0 Å². The third-order valence-corrected chi connectivity index (χ3v) is 3.53. The standard InChI is InChI=1S/C16H20N2O4/c1-9(2)13-12(15(19)22-4)14(18-16(20)17-13)10-5-7-11(21-3)8-6-10/h5-9,14H,1-4H3,(H2,17,18,20). The summed E-state index contributed by atoms with van der Waals surface area (Å²) in [6.45, 7) is 3.82. The van der Waals surface area contributed by atoms with Gasteiger partial charge in [0.2, 0.25) is 0 Å². The summed E-state index contributed by atoms with van der Waals surface area (Å²) in [7, 11) is 2.91. The van der Waals surface area contributed by atoms with Gasteiger partial charge in [0, 0.05) is 5.70 Å². The number of hydrogen-bond acceptors (Lipinski definition) is 4. The van der Waals surface area contributed by atoms with E-state index in [1.54, 1.807) is 19.2 Å². The molecule has 0 saturated carbocycles. The SMILES string of the molecule is COC(=O)C1=C(C(C)C)NC(=O)NC1c1ccc(OC)cc1. The van der Waals surface area contributed by atoms with Gasteiger partial charge in [-0.05, 0) is 23.6 Å². The Hall–Kier alpha value is -2.50. The molecule has 22 heavy (non-hydrogen) atoms. The molecular weight excluding hydrogens is 284 g/mol. The van der Waals surface area contributed by atoms with Crippen molar-refractivity contribution < 1.29 is 19.1 Å². The molecule has 2 rings (SSSR count). The maximum Gasteiger partial charge on any atom is 0.337 e. The summed E-state index contributed by atoms with van der Waals surface area (Å²) in [5.74, 6) is 0.231. The van der Waals surface area contributed by atoms with Crippen LogP contribution in [0.4, 0.5) is 4.79 Å². The van der Waals surface area contributed by atoms with Gasteiger partial charge in [0.1, 0.15) is 5.75 Å². The number of amides is 2. The van der Waals surface area contributed by atoms with E-state index < -0.39 is 12.0 Å². The van der Waals surface area contributed by atoms with Crippen LogP contribution in [0.2, 0.25) is 0 Å². The molecule has 1 aliphatic heterocycles. The van der Waals surface area contributed by atoms with E-state index in [0.29, 0.717) is 17.0 Å². The minimum Gasteiger partial charge on any atom is -0.497 e. The molecule has 2 N–H and O–H groups in total. The zero-order chi connectivity index (χ0) is 16.3. The normalized spacial score (nSPS) is 17.9. The quantitative estimate of drug-likeness (QED) is 0.836. The molecule has 0 spiro atoms. The maximum absolute atomic E-state index is 12.2. The number of ether oxygens (including phenoxy) is 2. The second-order valence-corrected chi connectivity index (χ2v) is 5.28. The molecule has 0 bridgehead atoms. The number of allylic oxidation sites excluding steroid dienone is 1. The lowest BCUT2D eigenvalue weighted by Gasteiger charge is -2.30. The van der Waals surface area contributed by atoms with Gasteiger partial charge >= 0.3 is 12.0 Å². The van der Waals surface area contributed by atoms with Crippen LogP contribution in [0.5, 0.6) is 5.75 Å². The molecule has 1 heterocycles. The molecule has 1 aromatic rings. The summed E-state index contributed by atoms with van der Waals surface area (Å²) < 4.78 is 10.0. The van der Waals surface area contributed by atoms with Crippen molar-refractivity contribution in [3.05, 3.63) is 41.1 Å². The van der Waals surface area contributed by atoms with Crippen LogP contribution < -0.4 is 15.4 Å². The number of rotatable bonds is 4. The number of urea groups is 1. The second kappa shape index (κ2) is 6.51. The Balaban J connectivity index is 2.51. The molecule has 1 unspecified atom stereocenters. The van der Waals surface area contributed by atoms with E-state index in [-0.39, 0.29) is 11.9 Å². The number of nitrogens with one attached hydrogen (secondary N) is 2. The van der Waals surface area contributed by atoms with Crippen LogP contribution in [-0.2, 0) is 9.53 Å². The van der Waals surface area contributed by atoms with Gasteiger partial charge < -0.3 is 20.1 Å². The fraction of sp³-hybridized carbons (Fsp3) is 0.375. The number of hydrogen-bond donors (Lipinski definition) is 2. The predicted octanol–water partition coefficient (Wildman–Crippen LogP) is 2.13. The highest BCUT2D eigenvalue weighted by Gasteiger charge is 2.34. The Kier molecular flexibility index (Phi) is 4.70. The number of esters is 1. The smallest absolute Gasteiger partial charge is 0.337 e. The van der Waals surface area contributed by atoms with E-state index in [2.05, 4.69) is 10.6 Å². The van der Waals surface area contributed by atoms with Crippen molar-refractivity contribution in [1.82, 2.24) is 10.6 Å². The van der Waals surface area contributed by atoms with Gasteiger partial charge in [-0.25, -0.2) is 9.59 Å². The number of carbonyl (C=O) groups is 2. The van der Waals surface area contributed by atoms with Crippen LogP contribution in [0.15, 0.2) is 35.5 Å². The molecule has 0 saturated heterocycles. The van der Waals surface area contributed by atoms with Crippen molar-refractivity contribution in [3.63, 3.8) is 0 Å². The molecule has 1 aliphatic rings. The minimum absolute atomic E-state index is 0.0131. The fourth-order valence-electron chi connectivity index (χ4n) is 2.42. The molecule has 1 atom stereocenters. The van der Waals surface area contributed by atoms with Crippen molar-refractivity contribution in [2.24, 2.45) is 5.92 Å². The van der Waals surface area contributed by atoms with Gasteiger partial charge in [-0.3, -0.25) is 0 Å². The minimum atomic E-state index is -0.551. The van der Waals surface area contributed by atoms with E-state index in [1.807, 2.05) is 26.0 Å². The molecule has 0 fully saturated rings. The van der Waals surface area contributed by atoms with Crippen LogP contribution in [0.3, 0.4) is 0 Å². The van der Waals surface area contributed by atoms with Gasteiger partial charge in [0.05, 0.1) is 25.8 Å². The Morgan fingerprint density at radius 2 is 1.82 bits per heavy atom. The lowest BCUT2D eigenvalue weighted by molar-refractivity contribution is -0.136. The van der Waals surface area contributed by atoms with E-state index in [9.17, 15) is 9.59 Å². The first-order valence-corrected chi connectivity index (χ1v) is 7.01. The summed E-state index contributed by atoms with van der Waals surface area (Å²) >= 11 is 0. The first-order valence-electron chi connectivity index (χ1n) is 7.01. The zero-order valence-electron chi connectivity index (χ0n) is 13.1. The summed E-state index contributed by atoms with van der Waals surface area (Å²) in [5.41, 5.74) is 1.79. The fourth-order valence-corrected chi connectivity index (χ4v) is 2.42. The van der Waals surface area contributed by atoms with E-state index in [4.69, 9.17) is 9.47 Å². The summed E-state index contributed by atoms with van der Waals surface area (Å²) in [4.78, 5) is 24.1. The van der Waals surface area contributed by atoms with Gasteiger partial charge in [-0.15, -0.1) is 0 Å². The van der Waals surface area contributed by atoms with Gasteiger partial charge in [-0.1, -0.05) is 26.0 Å². The Morgan fingerprint density at radius 1 is 1.18 bits per heavy atom. The molecule has 0 aromatic heterocycles. The highest BCUT2D eigenvalue weighted by Crippen LogP contribution is 2.31. The predicted molar refractivity (Wildman–Crippen MR) is 81.3 cm³/mol. The van der Waals surface area contributed by atoms with Crippen LogP contribution in [0.25, 0.3) is 0 Å². The second-order valence-electron chi connectivity index (χ2n) is 5.28. The lowest BCUT2D eigenvalue weighted by Crippen LogP contribution is -2.47. The molecule has 1 aromatic carbocycles. The highest BCUT2D eigenvalue weighted by molar-refractivity contribution is 5.95. The van der Waals surface area contributed by atoms with E-state index >= 15 is 0 Å². The van der Waals surface area contributed by atoms with Crippen LogP contribution in [0.1, 0.15) is 25.5 Å². The van der Waals surface area contributed by atoms with Gasteiger partial charge in [0.25, 0.3) is 0 Å². The van der Waals surface area contributed by atoms with Crippen molar-refractivity contribution in [3.8, 4) is 5.75 Å². The maximum atomic E-state index is 12.2. The van der Waals surface area contributed by atoms with Crippen molar-refractivity contribution in [2.75, 3.05) is 14.2 Å². The van der Waals surface area contributed by atoms with Crippen molar-refractivity contribution in [1.29, 1.82) is 0 Å². The molecule has 6 heteroatoms.